The molecule has 2 saturated heterocycles. The van der Waals surface area contributed by atoms with Gasteiger partial charge in [-0.25, -0.2) is 18.2 Å². The first-order chi connectivity index (χ1) is 19.6. The average Bonchev–Trinajstić information content (AvgIpc) is 2.93. The third kappa shape index (κ3) is 5.93. The van der Waals surface area contributed by atoms with Crippen LogP contribution in [0, 0.1) is 38.2 Å². The summed E-state index contributed by atoms with van der Waals surface area (Å²) in [5.74, 6) is -2.76. The summed E-state index contributed by atoms with van der Waals surface area (Å²) in [5.41, 5.74) is 1.16. The van der Waals surface area contributed by atoms with Gasteiger partial charge in [-0.1, -0.05) is 23.8 Å². The van der Waals surface area contributed by atoms with E-state index in [1.807, 2.05) is 32.9 Å². The van der Waals surface area contributed by atoms with E-state index in [-0.39, 0.29) is 37.9 Å². The Bertz CT molecular complexity index is 1440. The molecule has 2 fully saturated rings. The Hall–Kier alpha value is -3.92. The van der Waals surface area contributed by atoms with Gasteiger partial charge in [-0.15, -0.1) is 0 Å². The maximum atomic E-state index is 14.5. The van der Waals surface area contributed by atoms with Crippen LogP contribution in [0.3, 0.4) is 0 Å². The molecule has 2 aromatic carbocycles. The molecule has 0 atom stereocenters. The van der Waals surface area contributed by atoms with Gasteiger partial charge in [0.25, 0.3) is 11.8 Å². The molecule has 0 radical (unpaired) electrons. The molecule has 2 aliphatic rings. The molecular formula is C31H32F3N3O4. The minimum atomic E-state index is -0.970. The van der Waals surface area contributed by atoms with E-state index in [1.54, 1.807) is 9.80 Å². The fourth-order valence-electron chi connectivity index (χ4n) is 5.73. The lowest BCUT2D eigenvalue weighted by atomic mass is 9.89. The number of rotatable bonds is 5. The SMILES string of the molecule is Cc1cc(C)c(OCC(=O)N2CCC3(CC2)CN(C(=O)c2ccc(F)c(-c4c(F)cccc4F)n2)CCO3)c(C)c1. The Morgan fingerprint density at radius 2 is 1.59 bits per heavy atom. The van der Waals surface area contributed by atoms with Crippen LogP contribution in [0.5, 0.6) is 5.75 Å². The zero-order chi connectivity index (χ0) is 29.3. The van der Waals surface area contributed by atoms with Crippen LogP contribution in [-0.2, 0) is 9.53 Å². The van der Waals surface area contributed by atoms with E-state index in [9.17, 15) is 22.8 Å². The van der Waals surface area contributed by atoms with Crippen molar-refractivity contribution in [3.63, 3.8) is 0 Å². The Balaban J connectivity index is 1.23. The summed E-state index contributed by atoms with van der Waals surface area (Å²) >= 11 is 0. The summed E-state index contributed by atoms with van der Waals surface area (Å²) in [6.07, 6.45) is 1.04. The zero-order valence-electron chi connectivity index (χ0n) is 23.3. The highest BCUT2D eigenvalue weighted by molar-refractivity contribution is 5.93. The van der Waals surface area contributed by atoms with Gasteiger partial charge in [0.05, 0.1) is 24.3 Å². The molecule has 0 aliphatic carbocycles. The van der Waals surface area contributed by atoms with Crippen LogP contribution in [0.25, 0.3) is 11.3 Å². The molecule has 0 saturated carbocycles. The number of aromatic nitrogens is 1. The largest absolute Gasteiger partial charge is 0.483 e. The molecular weight excluding hydrogens is 535 g/mol. The van der Waals surface area contributed by atoms with Crippen molar-refractivity contribution in [2.75, 3.05) is 39.4 Å². The van der Waals surface area contributed by atoms with Gasteiger partial charge < -0.3 is 19.3 Å². The molecule has 2 aliphatic heterocycles. The number of benzene rings is 2. The lowest BCUT2D eigenvalue weighted by Gasteiger charge is -2.47. The van der Waals surface area contributed by atoms with Crippen LogP contribution in [-0.4, -0.2) is 71.6 Å². The van der Waals surface area contributed by atoms with E-state index in [0.717, 1.165) is 40.6 Å². The van der Waals surface area contributed by atoms with Crippen LogP contribution in [0.1, 0.15) is 40.0 Å². The second-order valence-corrected chi connectivity index (χ2v) is 10.8. The lowest BCUT2D eigenvalue weighted by molar-refractivity contribution is -0.148. The highest BCUT2D eigenvalue weighted by atomic mass is 19.1. The van der Waals surface area contributed by atoms with Crippen molar-refractivity contribution in [3.05, 3.63) is 82.3 Å². The van der Waals surface area contributed by atoms with Crippen molar-refractivity contribution in [3.8, 4) is 17.0 Å². The van der Waals surface area contributed by atoms with Gasteiger partial charge in [-0.05, 0) is 69.0 Å². The number of hydrogen-bond acceptors (Lipinski definition) is 5. The third-order valence-corrected chi connectivity index (χ3v) is 7.77. The van der Waals surface area contributed by atoms with Gasteiger partial charge in [-0.2, -0.15) is 0 Å². The molecule has 5 rings (SSSR count). The summed E-state index contributed by atoms with van der Waals surface area (Å²) in [7, 11) is 0. The Kier molecular flexibility index (Phi) is 8.04. The van der Waals surface area contributed by atoms with Crippen molar-refractivity contribution >= 4 is 11.8 Å². The second-order valence-electron chi connectivity index (χ2n) is 10.8. The summed E-state index contributed by atoms with van der Waals surface area (Å²) in [6, 6.07) is 9.42. The van der Waals surface area contributed by atoms with Crippen LogP contribution in [0.2, 0.25) is 0 Å². The second kappa shape index (κ2) is 11.5. The smallest absolute Gasteiger partial charge is 0.272 e. The number of likely N-dealkylation sites (tertiary alicyclic amines) is 1. The zero-order valence-corrected chi connectivity index (χ0v) is 23.3. The molecule has 2 amide bonds. The van der Waals surface area contributed by atoms with Gasteiger partial charge in [0.2, 0.25) is 0 Å². The molecule has 0 bridgehead atoms. The average molecular weight is 568 g/mol. The van der Waals surface area contributed by atoms with Crippen LogP contribution in [0.15, 0.2) is 42.5 Å². The van der Waals surface area contributed by atoms with E-state index >= 15 is 0 Å². The van der Waals surface area contributed by atoms with Crippen molar-refractivity contribution in [2.24, 2.45) is 0 Å². The first-order valence-electron chi connectivity index (χ1n) is 13.6. The van der Waals surface area contributed by atoms with E-state index in [4.69, 9.17) is 9.47 Å². The molecule has 41 heavy (non-hydrogen) atoms. The number of hydrogen-bond donors (Lipinski definition) is 0. The summed E-state index contributed by atoms with van der Waals surface area (Å²) in [4.78, 5) is 33.6. The Labute approximate surface area is 236 Å². The number of amides is 2. The summed E-state index contributed by atoms with van der Waals surface area (Å²) in [6.45, 7) is 7.58. The summed E-state index contributed by atoms with van der Waals surface area (Å²) < 4.78 is 55.2. The van der Waals surface area contributed by atoms with Crippen LogP contribution < -0.4 is 4.74 Å². The number of piperidine rings is 1. The molecule has 3 aromatic rings. The number of nitrogens with zero attached hydrogens (tertiary/aromatic N) is 3. The monoisotopic (exact) mass is 567 g/mol. The maximum Gasteiger partial charge on any atom is 0.272 e. The number of carbonyl (C=O) groups excluding carboxylic acids is 2. The number of halogens is 3. The van der Waals surface area contributed by atoms with Crippen LogP contribution in [0.4, 0.5) is 13.2 Å². The maximum absolute atomic E-state index is 14.5. The topological polar surface area (TPSA) is 72.0 Å². The predicted molar refractivity (Wildman–Crippen MR) is 146 cm³/mol. The molecule has 0 N–H and O–H groups in total. The lowest BCUT2D eigenvalue weighted by Crippen LogP contribution is -2.59. The first kappa shape index (κ1) is 28.6. The van der Waals surface area contributed by atoms with E-state index < -0.39 is 40.2 Å². The van der Waals surface area contributed by atoms with Gasteiger partial charge in [-0.3, -0.25) is 9.59 Å². The fourth-order valence-corrected chi connectivity index (χ4v) is 5.73. The van der Waals surface area contributed by atoms with Gasteiger partial charge in [0.1, 0.15) is 34.6 Å². The standard InChI is InChI=1S/C31H32F3N3O4/c1-19-15-20(2)29(21(3)16-19)40-17-26(38)36-11-9-31(10-12-36)18-37(13-14-41-31)30(39)25-8-7-24(34)28(35-25)27-22(32)5-4-6-23(27)33/h4-8,15-16H,9-14,17-18H2,1-3H3. The quantitative estimate of drug-likeness (QED) is 0.434. The number of carbonyl (C=O) groups is 2. The Morgan fingerprint density at radius 1 is 0.927 bits per heavy atom. The minimum absolute atomic E-state index is 0.0651. The molecule has 1 spiro atoms. The van der Waals surface area contributed by atoms with Gasteiger partial charge in [0, 0.05) is 19.6 Å². The van der Waals surface area contributed by atoms with Gasteiger partial charge in [0.15, 0.2) is 6.61 Å². The van der Waals surface area contributed by atoms with Crippen molar-refractivity contribution < 1.29 is 32.2 Å². The van der Waals surface area contributed by atoms with E-state index in [1.165, 1.54) is 12.1 Å². The third-order valence-electron chi connectivity index (χ3n) is 7.77. The Morgan fingerprint density at radius 3 is 2.24 bits per heavy atom. The number of pyridine rings is 1. The molecule has 1 aromatic heterocycles. The molecule has 216 valence electrons. The minimum Gasteiger partial charge on any atom is -0.483 e. The van der Waals surface area contributed by atoms with E-state index in [0.29, 0.717) is 25.9 Å². The number of ether oxygens (including phenoxy) is 2. The highest BCUT2D eigenvalue weighted by Crippen LogP contribution is 2.32. The van der Waals surface area contributed by atoms with E-state index in [2.05, 4.69) is 4.98 Å². The normalized spacial score (nSPS) is 16.6. The number of morpholine rings is 1. The molecule has 7 nitrogen and oxygen atoms in total. The van der Waals surface area contributed by atoms with Crippen LogP contribution >= 0.6 is 0 Å². The van der Waals surface area contributed by atoms with Gasteiger partial charge >= 0.3 is 0 Å². The molecule has 10 heteroatoms. The molecule has 0 unspecified atom stereocenters. The van der Waals surface area contributed by atoms with Crippen molar-refractivity contribution in [1.82, 2.24) is 14.8 Å². The van der Waals surface area contributed by atoms with Crippen molar-refractivity contribution in [1.29, 1.82) is 0 Å². The predicted octanol–water partition coefficient (Wildman–Crippen LogP) is 5.00. The summed E-state index contributed by atoms with van der Waals surface area (Å²) in [5, 5.41) is 0. The molecule has 3 heterocycles. The first-order valence-corrected chi connectivity index (χ1v) is 13.6. The fraction of sp³-hybridized carbons (Fsp3) is 0.387. The van der Waals surface area contributed by atoms with Crippen molar-refractivity contribution in [2.45, 2.75) is 39.2 Å². The highest BCUT2D eigenvalue weighted by Gasteiger charge is 2.42. The number of aryl methyl sites for hydroxylation is 3.